The van der Waals surface area contributed by atoms with Crippen molar-refractivity contribution in [2.75, 3.05) is 0 Å². The molecule has 0 aliphatic carbocycles. The summed E-state index contributed by atoms with van der Waals surface area (Å²) in [5.74, 6) is -1.91. The van der Waals surface area contributed by atoms with Gasteiger partial charge in [0.2, 0.25) is 0 Å². The van der Waals surface area contributed by atoms with Crippen molar-refractivity contribution in [2.45, 2.75) is 26.4 Å². The summed E-state index contributed by atoms with van der Waals surface area (Å²) in [6.07, 6.45) is -0.0453. The first-order chi connectivity index (χ1) is 6.52. The third-order valence-electron chi connectivity index (χ3n) is 1.42. The molecule has 0 aromatic rings. The largest absolute Gasteiger partial charge is 0.388 e. The van der Waals surface area contributed by atoms with Gasteiger partial charge in [0.05, 0.1) is 6.07 Å². The van der Waals surface area contributed by atoms with Crippen molar-refractivity contribution in [2.24, 2.45) is 0 Å². The van der Waals surface area contributed by atoms with Crippen molar-refractivity contribution in [1.82, 2.24) is 0 Å². The molecule has 0 amide bonds. The van der Waals surface area contributed by atoms with Crippen LogP contribution in [0.5, 0.6) is 0 Å². The molecule has 5 nitrogen and oxygen atoms in total. The zero-order chi connectivity index (χ0) is 11.1. The average Bonchev–Trinajstić information content (AvgIpc) is 2.13. The van der Waals surface area contributed by atoms with Gasteiger partial charge in [-0.15, -0.1) is 0 Å². The van der Waals surface area contributed by atoms with E-state index >= 15 is 0 Å². The van der Waals surface area contributed by atoms with Crippen molar-refractivity contribution in [3.63, 3.8) is 0 Å². The van der Waals surface area contributed by atoms with E-state index in [9.17, 15) is 9.59 Å². The highest BCUT2D eigenvalue weighted by Gasteiger charge is 2.17. The highest BCUT2D eigenvalue weighted by atomic mass is 16.6. The number of nitrogens with zero attached hydrogens (tertiary/aromatic N) is 1. The quantitative estimate of drug-likeness (QED) is 0.304. The molecular formula is C9H11NO4. The molecule has 1 atom stereocenters. The molecule has 1 N–H and O–H groups in total. The summed E-state index contributed by atoms with van der Waals surface area (Å²) in [6, 6.07) is 1.67. The zero-order valence-electron chi connectivity index (χ0n) is 7.98. The monoisotopic (exact) mass is 197 g/mol. The van der Waals surface area contributed by atoms with Gasteiger partial charge in [-0.2, -0.15) is 5.26 Å². The van der Waals surface area contributed by atoms with Gasteiger partial charge in [-0.05, 0) is 13.3 Å². The maximum Gasteiger partial charge on any atom is 0.342 e. The molecule has 0 aliphatic heterocycles. The Kier molecular flexibility index (Phi) is 5.19. The maximum atomic E-state index is 11.1. The van der Waals surface area contributed by atoms with Gasteiger partial charge in [0.15, 0.2) is 0 Å². The molecule has 0 bridgehead atoms. The topological polar surface area (TPSA) is 87.4 Å². The van der Waals surface area contributed by atoms with Crippen LogP contribution in [-0.2, 0) is 14.3 Å². The van der Waals surface area contributed by atoms with Crippen LogP contribution >= 0.6 is 0 Å². The molecule has 0 rings (SSSR count). The standard InChI is InChI=1S/C9H11NO4/c1-3-7(4-5-10)9(13)14-8(12)6(2)11/h4,6,11H,3H2,1-2H3. The van der Waals surface area contributed by atoms with Crippen LogP contribution in [-0.4, -0.2) is 23.1 Å². The van der Waals surface area contributed by atoms with Gasteiger partial charge in [-0.1, -0.05) is 6.92 Å². The van der Waals surface area contributed by atoms with Gasteiger partial charge in [0, 0.05) is 11.6 Å². The Balaban J connectivity index is 4.42. The molecule has 14 heavy (non-hydrogen) atoms. The van der Waals surface area contributed by atoms with Crippen molar-refractivity contribution >= 4 is 11.9 Å². The van der Waals surface area contributed by atoms with Crippen LogP contribution in [0.25, 0.3) is 0 Å². The number of hydrogen-bond acceptors (Lipinski definition) is 5. The number of carbonyl (C=O) groups excluding carboxylic acids is 2. The van der Waals surface area contributed by atoms with Crippen molar-refractivity contribution in [3.8, 4) is 6.07 Å². The van der Waals surface area contributed by atoms with Crippen LogP contribution in [0.4, 0.5) is 0 Å². The summed E-state index contributed by atoms with van der Waals surface area (Å²) < 4.78 is 4.27. The predicted octanol–water partition coefficient (Wildman–Crippen LogP) is 0.297. The molecule has 76 valence electrons. The van der Waals surface area contributed by atoms with Gasteiger partial charge >= 0.3 is 11.9 Å². The van der Waals surface area contributed by atoms with E-state index in [1.807, 2.05) is 0 Å². The van der Waals surface area contributed by atoms with Gasteiger partial charge in [0.1, 0.15) is 6.10 Å². The number of hydrogen-bond donors (Lipinski definition) is 1. The first-order valence-corrected chi connectivity index (χ1v) is 4.05. The zero-order valence-corrected chi connectivity index (χ0v) is 7.98. The number of rotatable bonds is 3. The molecule has 0 spiro atoms. The third-order valence-corrected chi connectivity index (χ3v) is 1.42. The SMILES string of the molecule is CCC(=CC#N)C(=O)OC(=O)C(C)O. The Morgan fingerprint density at radius 2 is 2.21 bits per heavy atom. The number of allylic oxidation sites excluding steroid dienone is 1. The minimum absolute atomic E-state index is 0.0986. The van der Waals surface area contributed by atoms with E-state index in [0.29, 0.717) is 6.42 Å². The lowest BCUT2D eigenvalue weighted by Gasteiger charge is -2.04. The molecule has 0 heterocycles. The van der Waals surface area contributed by atoms with Crippen molar-refractivity contribution in [3.05, 3.63) is 11.6 Å². The minimum Gasteiger partial charge on any atom is -0.388 e. The summed E-state index contributed by atoms with van der Waals surface area (Å²) in [7, 11) is 0. The molecule has 0 fully saturated rings. The summed E-state index contributed by atoms with van der Waals surface area (Å²) >= 11 is 0. The molecular weight excluding hydrogens is 186 g/mol. The number of aliphatic hydroxyl groups is 1. The predicted molar refractivity (Wildman–Crippen MR) is 46.8 cm³/mol. The molecule has 0 saturated heterocycles. The Labute approximate surface area is 81.6 Å². The second-order valence-electron chi connectivity index (χ2n) is 2.54. The van der Waals surface area contributed by atoms with E-state index < -0.39 is 18.0 Å². The fourth-order valence-electron chi connectivity index (χ4n) is 0.625. The van der Waals surface area contributed by atoms with Crippen LogP contribution in [0.2, 0.25) is 0 Å². The Morgan fingerprint density at radius 1 is 1.64 bits per heavy atom. The number of ether oxygens (including phenoxy) is 1. The van der Waals surface area contributed by atoms with Crippen LogP contribution < -0.4 is 0 Å². The number of esters is 2. The van der Waals surface area contributed by atoms with Crippen LogP contribution in [0.3, 0.4) is 0 Å². The molecule has 0 saturated carbocycles. The molecule has 0 aromatic heterocycles. The van der Waals surface area contributed by atoms with Gasteiger partial charge in [-0.3, -0.25) is 0 Å². The number of carbonyl (C=O) groups is 2. The molecule has 5 heteroatoms. The second-order valence-corrected chi connectivity index (χ2v) is 2.54. The van der Waals surface area contributed by atoms with Crippen LogP contribution in [0.15, 0.2) is 11.6 Å². The van der Waals surface area contributed by atoms with E-state index in [1.54, 1.807) is 13.0 Å². The first-order valence-electron chi connectivity index (χ1n) is 4.05. The first kappa shape index (κ1) is 12.3. The summed E-state index contributed by atoms with van der Waals surface area (Å²) in [5.41, 5.74) is 0.0986. The number of nitriles is 1. The lowest BCUT2D eigenvalue weighted by molar-refractivity contribution is -0.162. The fourth-order valence-corrected chi connectivity index (χ4v) is 0.625. The summed E-state index contributed by atoms with van der Waals surface area (Å²) in [5, 5.41) is 17.0. The normalized spacial score (nSPS) is 12.9. The number of aliphatic hydroxyl groups excluding tert-OH is 1. The minimum atomic E-state index is -1.35. The summed E-state index contributed by atoms with van der Waals surface area (Å²) in [4.78, 5) is 21.9. The lowest BCUT2D eigenvalue weighted by atomic mass is 10.2. The Bertz CT molecular complexity index is 298. The molecule has 1 unspecified atom stereocenters. The Hall–Kier alpha value is -1.67. The highest BCUT2D eigenvalue weighted by molar-refractivity contribution is 5.97. The van der Waals surface area contributed by atoms with Crippen molar-refractivity contribution in [1.29, 1.82) is 5.26 Å². The van der Waals surface area contributed by atoms with Gasteiger partial charge < -0.3 is 9.84 Å². The van der Waals surface area contributed by atoms with E-state index in [4.69, 9.17) is 10.4 Å². The highest BCUT2D eigenvalue weighted by Crippen LogP contribution is 2.03. The van der Waals surface area contributed by atoms with Gasteiger partial charge in [0.25, 0.3) is 0 Å². The third kappa shape index (κ3) is 3.83. The Morgan fingerprint density at radius 3 is 2.57 bits per heavy atom. The van der Waals surface area contributed by atoms with Crippen LogP contribution in [0, 0.1) is 11.3 Å². The molecule has 0 aliphatic rings. The van der Waals surface area contributed by atoms with Crippen molar-refractivity contribution < 1.29 is 19.4 Å². The second kappa shape index (κ2) is 5.89. The molecule has 0 aromatic carbocycles. The smallest absolute Gasteiger partial charge is 0.342 e. The van der Waals surface area contributed by atoms with E-state index in [-0.39, 0.29) is 5.57 Å². The average molecular weight is 197 g/mol. The summed E-state index contributed by atoms with van der Waals surface area (Å²) in [6.45, 7) is 2.84. The fraction of sp³-hybridized carbons (Fsp3) is 0.444. The maximum absolute atomic E-state index is 11.1. The van der Waals surface area contributed by atoms with Crippen LogP contribution in [0.1, 0.15) is 20.3 Å². The van der Waals surface area contributed by atoms with E-state index in [2.05, 4.69) is 4.74 Å². The van der Waals surface area contributed by atoms with E-state index in [0.717, 1.165) is 6.08 Å². The van der Waals surface area contributed by atoms with Gasteiger partial charge in [-0.25, -0.2) is 9.59 Å². The molecule has 0 radical (unpaired) electrons. The van der Waals surface area contributed by atoms with E-state index in [1.165, 1.54) is 6.92 Å². The lowest BCUT2D eigenvalue weighted by Crippen LogP contribution is -2.23.